The third-order valence-corrected chi connectivity index (χ3v) is 7.17. The summed E-state index contributed by atoms with van der Waals surface area (Å²) in [5.41, 5.74) is 4.35. The first-order valence-corrected chi connectivity index (χ1v) is 12.6. The van der Waals surface area contributed by atoms with E-state index >= 15 is 4.39 Å². The lowest BCUT2D eigenvalue weighted by molar-refractivity contribution is 0.148. The van der Waals surface area contributed by atoms with Gasteiger partial charge in [-0.2, -0.15) is 0 Å². The molecule has 0 spiro atoms. The highest BCUT2D eigenvalue weighted by Crippen LogP contribution is 2.42. The lowest BCUT2D eigenvalue weighted by Gasteiger charge is -2.16. The molecule has 0 amide bonds. The number of aryl methyl sites for hydroxylation is 1. The van der Waals surface area contributed by atoms with Crippen molar-refractivity contribution in [3.8, 4) is 39.7 Å². The van der Waals surface area contributed by atoms with Crippen molar-refractivity contribution in [2.45, 2.75) is 38.0 Å². The zero-order valence-corrected chi connectivity index (χ0v) is 21.2. The number of nitrogens with zero attached hydrogens (tertiary/aromatic N) is 4. The largest absolute Gasteiger partial charge is 0.493 e. The molecule has 0 radical (unpaired) electrons. The highest BCUT2D eigenvalue weighted by atomic mass is 19.1. The van der Waals surface area contributed by atoms with Gasteiger partial charge in [0, 0.05) is 25.2 Å². The van der Waals surface area contributed by atoms with Crippen LogP contribution < -0.4 is 10.1 Å². The summed E-state index contributed by atoms with van der Waals surface area (Å²) in [5.74, 6) is 0.644. The van der Waals surface area contributed by atoms with Crippen molar-refractivity contribution in [1.82, 2.24) is 25.1 Å². The quantitative estimate of drug-likeness (QED) is 0.312. The number of methoxy groups -OCH3 is 1. The molecule has 8 nitrogen and oxygen atoms in total. The van der Waals surface area contributed by atoms with Crippen LogP contribution in [0, 0.1) is 5.82 Å². The van der Waals surface area contributed by atoms with Crippen LogP contribution in [0.3, 0.4) is 0 Å². The van der Waals surface area contributed by atoms with E-state index in [0.717, 1.165) is 36.0 Å². The Kier molecular flexibility index (Phi) is 6.39. The van der Waals surface area contributed by atoms with Gasteiger partial charge in [-0.15, -0.1) is 10.2 Å². The smallest absolute Gasteiger partial charge is 0.231 e. The van der Waals surface area contributed by atoms with E-state index in [2.05, 4.69) is 15.5 Å². The van der Waals surface area contributed by atoms with Crippen molar-refractivity contribution >= 4 is 11.1 Å². The van der Waals surface area contributed by atoms with Gasteiger partial charge in [0.2, 0.25) is 5.89 Å². The maximum atomic E-state index is 15.7. The van der Waals surface area contributed by atoms with Crippen LogP contribution in [0.5, 0.6) is 5.75 Å². The first-order valence-electron chi connectivity index (χ1n) is 12.6. The highest BCUT2D eigenvalue weighted by Gasteiger charge is 2.27. The topological polar surface area (TPSA) is 98.2 Å². The molecule has 3 aromatic carbocycles. The van der Waals surface area contributed by atoms with Crippen molar-refractivity contribution in [1.29, 1.82) is 0 Å². The van der Waals surface area contributed by atoms with Crippen molar-refractivity contribution in [2.24, 2.45) is 7.05 Å². The number of oxazole rings is 1. The fraction of sp³-hybridized carbons (Fsp3) is 0.276. The summed E-state index contributed by atoms with van der Waals surface area (Å²) < 4.78 is 29.2. The Morgan fingerprint density at radius 1 is 1.13 bits per heavy atom. The van der Waals surface area contributed by atoms with Gasteiger partial charge in [-0.3, -0.25) is 0 Å². The van der Waals surface area contributed by atoms with E-state index in [0.29, 0.717) is 34.8 Å². The number of rotatable bonds is 7. The second kappa shape index (κ2) is 10.00. The van der Waals surface area contributed by atoms with Gasteiger partial charge in [-0.25, -0.2) is 9.37 Å². The predicted octanol–water partition coefficient (Wildman–Crippen LogP) is 5.11. The number of ether oxygens (including phenoxy) is 1. The number of benzene rings is 3. The molecule has 1 saturated carbocycles. The summed E-state index contributed by atoms with van der Waals surface area (Å²) >= 11 is 0. The van der Waals surface area contributed by atoms with Crippen LogP contribution >= 0.6 is 0 Å². The molecule has 5 aromatic rings. The molecule has 1 aliphatic carbocycles. The van der Waals surface area contributed by atoms with Gasteiger partial charge in [-0.05, 0) is 54.2 Å². The van der Waals surface area contributed by atoms with E-state index in [1.54, 1.807) is 24.1 Å². The third-order valence-electron chi connectivity index (χ3n) is 7.17. The van der Waals surface area contributed by atoms with Crippen LogP contribution in [-0.4, -0.2) is 44.1 Å². The molecular weight excluding hydrogens is 485 g/mol. The molecule has 6 rings (SSSR count). The second-order valence-electron chi connectivity index (χ2n) is 9.63. The summed E-state index contributed by atoms with van der Waals surface area (Å²) in [6, 6.07) is 16.7. The average molecular weight is 514 g/mol. The summed E-state index contributed by atoms with van der Waals surface area (Å²) in [7, 11) is 3.38. The molecule has 1 fully saturated rings. The number of fused-ring (bicyclic) bond motifs is 1. The molecule has 2 heterocycles. The van der Waals surface area contributed by atoms with Crippen molar-refractivity contribution in [3.05, 3.63) is 72.3 Å². The maximum Gasteiger partial charge on any atom is 0.231 e. The number of aliphatic hydroxyl groups excluding tert-OH is 1. The van der Waals surface area contributed by atoms with Crippen LogP contribution in [0.2, 0.25) is 0 Å². The number of nitrogens with one attached hydrogen (secondary N) is 1. The Hall–Kier alpha value is -4.08. The SMILES string of the molecule is COc1cc(CNC2CCC[C@H]2O)cc2nc(-c3c(F)ccc(-c4ccccc4)c3-c3nncn3C)oc12. The van der Waals surface area contributed by atoms with E-state index in [1.807, 2.05) is 49.5 Å². The Labute approximate surface area is 219 Å². The van der Waals surface area contributed by atoms with Gasteiger partial charge in [0.1, 0.15) is 17.7 Å². The predicted molar refractivity (Wildman–Crippen MR) is 142 cm³/mol. The van der Waals surface area contributed by atoms with Crippen molar-refractivity contribution < 1.29 is 18.7 Å². The molecule has 0 aliphatic heterocycles. The minimum Gasteiger partial charge on any atom is -0.493 e. The lowest BCUT2D eigenvalue weighted by Crippen LogP contribution is -2.35. The summed E-state index contributed by atoms with van der Waals surface area (Å²) in [6.45, 7) is 0.540. The van der Waals surface area contributed by atoms with Crippen LogP contribution in [0.4, 0.5) is 4.39 Å². The Morgan fingerprint density at radius 3 is 2.68 bits per heavy atom. The molecule has 2 N–H and O–H groups in total. The number of hydrogen-bond donors (Lipinski definition) is 2. The molecule has 194 valence electrons. The van der Waals surface area contributed by atoms with Gasteiger partial charge >= 0.3 is 0 Å². The second-order valence-corrected chi connectivity index (χ2v) is 9.63. The fourth-order valence-electron chi connectivity index (χ4n) is 5.23. The summed E-state index contributed by atoms with van der Waals surface area (Å²) in [6.07, 6.45) is 4.01. The zero-order valence-electron chi connectivity index (χ0n) is 21.2. The van der Waals surface area contributed by atoms with Gasteiger partial charge < -0.3 is 24.1 Å². The molecule has 0 saturated heterocycles. The fourth-order valence-corrected chi connectivity index (χ4v) is 5.23. The average Bonchev–Trinajstić information content (AvgIpc) is 3.66. The first-order chi connectivity index (χ1) is 18.5. The number of halogens is 1. The van der Waals surface area contributed by atoms with E-state index in [9.17, 15) is 5.11 Å². The number of aliphatic hydroxyl groups is 1. The molecule has 38 heavy (non-hydrogen) atoms. The van der Waals surface area contributed by atoms with E-state index < -0.39 is 5.82 Å². The van der Waals surface area contributed by atoms with E-state index in [1.165, 1.54) is 6.07 Å². The monoisotopic (exact) mass is 513 g/mol. The normalized spacial score (nSPS) is 17.4. The molecule has 2 atom stereocenters. The van der Waals surface area contributed by atoms with Gasteiger partial charge in [0.15, 0.2) is 17.2 Å². The maximum absolute atomic E-state index is 15.7. The molecular formula is C29H28FN5O3. The first kappa shape index (κ1) is 24.3. The lowest BCUT2D eigenvalue weighted by atomic mass is 9.94. The minimum absolute atomic E-state index is 0.0633. The molecule has 1 aliphatic rings. The summed E-state index contributed by atoms with van der Waals surface area (Å²) in [5, 5.41) is 21.9. The van der Waals surface area contributed by atoms with Crippen molar-refractivity contribution in [3.63, 3.8) is 0 Å². The molecule has 0 bridgehead atoms. The Balaban J connectivity index is 1.49. The van der Waals surface area contributed by atoms with Gasteiger partial charge in [0.05, 0.1) is 18.8 Å². The van der Waals surface area contributed by atoms with Crippen LogP contribution in [0.15, 0.2) is 65.3 Å². The number of hydrogen-bond acceptors (Lipinski definition) is 7. The zero-order chi connectivity index (χ0) is 26.2. The van der Waals surface area contributed by atoms with E-state index in [-0.39, 0.29) is 23.6 Å². The Bertz CT molecular complexity index is 1600. The molecule has 9 heteroatoms. The summed E-state index contributed by atoms with van der Waals surface area (Å²) in [4.78, 5) is 4.72. The molecule has 2 aromatic heterocycles. The Morgan fingerprint density at radius 2 is 1.97 bits per heavy atom. The van der Waals surface area contributed by atoms with Gasteiger partial charge in [0.25, 0.3) is 0 Å². The van der Waals surface area contributed by atoms with Crippen LogP contribution in [-0.2, 0) is 13.6 Å². The standard InChI is InChI=1S/C29H28FN5O3/c1-35-16-32-34-28(35)25-19(18-7-4-3-5-8-18)11-12-20(30)26(25)29-33-22-13-17(14-24(37-2)27(22)38-29)15-31-21-9-6-10-23(21)36/h3-5,7-8,11-14,16,21,23,31,36H,6,9-10,15H2,1-2H3/t21?,23-/m1/s1. The van der Waals surface area contributed by atoms with Gasteiger partial charge in [-0.1, -0.05) is 36.4 Å². The van der Waals surface area contributed by atoms with Crippen molar-refractivity contribution in [2.75, 3.05) is 7.11 Å². The van der Waals surface area contributed by atoms with Crippen LogP contribution in [0.25, 0.3) is 45.1 Å². The minimum atomic E-state index is -0.481. The van der Waals surface area contributed by atoms with E-state index in [4.69, 9.17) is 14.1 Å². The number of aromatic nitrogens is 4. The highest BCUT2D eigenvalue weighted by molar-refractivity contribution is 5.92. The third kappa shape index (κ3) is 4.33. The molecule has 1 unspecified atom stereocenters. The van der Waals surface area contributed by atoms with Crippen LogP contribution in [0.1, 0.15) is 24.8 Å².